The van der Waals surface area contributed by atoms with Gasteiger partial charge in [-0.2, -0.15) is 0 Å². The summed E-state index contributed by atoms with van der Waals surface area (Å²) in [5, 5.41) is 2.99. The number of nitrogens with one attached hydrogen (secondary N) is 1. The molecule has 1 unspecified atom stereocenters. The Balaban J connectivity index is 3.08. The van der Waals surface area contributed by atoms with Crippen LogP contribution in [0.4, 0.5) is 0 Å². The average molecular weight is 231 g/mol. The zero-order valence-electron chi connectivity index (χ0n) is 10.4. The molecule has 0 fully saturated rings. The first kappa shape index (κ1) is 13.3. The molecule has 1 atom stereocenters. The van der Waals surface area contributed by atoms with E-state index in [1.165, 1.54) is 7.11 Å². The van der Waals surface area contributed by atoms with Crippen LogP contribution in [0.3, 0.4) is 0 Å². The van der Waals surface area contributed by atoms with Crippen molar-refractivity contribution in [1.82, 2.24) is 5.32 Å². The van der Waals surface area contributed by atoms with Crippen LogP contribution in [0.15, 0.2) is 18.2 Å². The van der Waals surface area contributed by atoms with E-state index in [0.717, 1.165) is 16.7 Å². The summed E-state index contributed by atoms with van der Waals surface area (Å²) < 4.78 is 4.79. The van der Waals surface area contributed by atoms with Crippen LogP contribution in [-0.4, -0.2) is 19.6 Å². The van der Waals surface area contributed by atoms with Crippen LogP contribution in [0.2, 0.25) is 0 Å². The van der Waals surface area contributed by atoms with Gasteiger partial charge in [-0.1, -0.05) is 24.1 Å². The second-order valence-corrected chi connectivity index (χ2v) is 3.83. The zero-order valence-corrected chi connectivity index (χ0v) is 10.4. The van der Waals surface area contributed by atoms with E-state index >= 15 is 0 Å². The standard InChI is InChI=1S/C14H17NO2/c1-5-9-15-13(14(16)17-4)12-8-6-7-10(2)11(12)3/h1,6-8,13,15H,9H2,2-4H3. The minimum atomic E-state index is -0.504. The van der Waals surface area contributed by atoms with E-state index in [9.17, 15) is 4.79 Å². The highest BCUT2D eigenvalue weighted by atomic mass is 16.5. The number of hydrogen-bond acceptors (Lipinski definition) is 3. The number of benzene rings is 1. The van der Waals surface area contributed by atoms with Crippen molar-refractivity contribution in [3.63, 3.8) is 0 Å². The van der Waals surface area contributed by atoms with Gasteiger partial charge in [0, 0.05) is 0 Å². The molecule has 0 spiro atoms. The van der Waals surface area contributed by atoms with Gasteiger partial charge in [0.15, 0.2) is 0 Å². The summed E-state index contributed by atoms with van der Waals surface area (Å²) in [6.07, 6.45) is 5.20. The second kappa shape index (κ2) is 6.07. The molecule has 0 heterocycles. The molecular weight excluding hydrogens is 214 g/mol. The highest BCUT2D eigenvalue weighted by molar-refractivity contribution is 5.78. The van der Waals surface area contributed by atoms with Crippen molar-refractivity contribution in [3.05, 3.63) is 34.9 Å². The highest BCUT2D eigenvalue weighted by Gasteiger charge is 2.22. The van der Waals surface area contributed by atoms with Gasteiger partial charge in [-0.05, 0) is 30.5 Å². The minimum absolute atomic E-state index is 0.325. The number of terminal acetylenes is 1. The first-order valence-electron chi connectivity index (χ1n) is 5.42. The number of carbonyl (C=O) groups excluding carboxylic acids is 1. The van der Waals surface area contributed by atoms with E-state index < -0.39 is 6.04 Å². The van der Waals surface area contributed by atoms with E-state index in [2.05, 4.69) is 11.2 Å². The number of methoxy groups -OCH3 is 1. The molecule has 1 aromatic rings. The van der Waals surface area contributed by atoms with Crippen LogP contribution in [0.1, 0.15) is 22.7 Å². The lowest BCUT2D eigenvalue weighted by atomic mass is 9.97. The lowest BCUT2D eigenvalue weighted by molar-refractivity contribution is -0.143. The van der Waals surface area contributed by atoms with Gasteiger partial charge in [0.25, 0.3) is 0 Å². The molecule has 0 amide bonds. The van der Waals surface area contributed by atoms with Crippen molar-refractivity contribution < 1.29 is 9.53 Å². The molecule has 1 N–H and O–H groups in total. The Labute approximate surface area is 102 Å². The largest absolute Gasteiger partial charge is 0.468 e. The Hall–Kier alpha value is -1.79. The van der Waals surface area contributed by atoms with Crippen molar-refractivity contribution >= 4 is 5.97 Å². The molecule has 0 radical (unpaired) electrons. The van der Waals surface area contributed by atoms with E-state index in [-0.39, 0.29) is 5.97 Å². The lowest BCUT2D eigenvalue weighted by Gasteiger charge is -2.18. The molecule has 0 aromatic heterocycles. The van der Waals surface area contributed by atoms with E-state index in [0.29, 0.717) is 6.54 Å². The van der Waals surface area contributed by atoms with Crippen molar-refractivity contribution in [2.75, 3.05) is 13.7 Å². The van der Waals surface area contributed by atoms with Crippen LogP contribution < -0.4 is 5.32 Å². The van der Waals surface area contributed by atoms with Crippen LogP contribution >= 0.6 is 0 Å². The summed E-state index contributed by atoms with van der Waals surface area (Å²) >= 11 is 0. The first-order valence-corrected chi connectivity index (χ1v) is 5.42. The number of ether oxygens (including phenoxy) is 1. The topological polar surface area (TPSA) is 38.3 Å². The Morgan fingerprint density at radius 1 is 1.53 bits per heavy atom. The molecule has 90 valence electrons. The number of esters is 1. The van der Waals surface area contributed by atoms with Crippen LogP contribution in [0.25, 0.3) is 0 Å². The maximum absolute atomic E-state index is 11.7. The van der Waals surface area contributed by atoms with Gasteiger partial charge in [-0.3, -0.25) is 5.32 Å². The quantitative estimate of drug-likeness (QED) is 0.633. The SMILES string of the molecule is C#CCNC(C(=O)OC)c1cccc(C)c1C. The van der Waals surface area contributed by atoms with Gasteiger partial charge < -0.3 is 4.74 Å². The molecule has 3 nitrogen and oxygen atoms in total. The van der Waals surface area contributed by atoms with Crippen molar-refractivity contribution in [3.8, 4) is 12.3 Å². The molecule has 0 aliphatic heterocycles. The molecule has 17 heavy (non-hydrogen) atoms. The molecule has 0 saturated heterocycles. The maximum Gasteiger partial charge on any atom is 0.327 e. The number of hydrogen-bond donors (Lipinski definition) is 1. The van der Waals surface area contributed by atoms with Crippen molar-refractivity contribution in [2.45, 2.75) is 19.9 Å². The molecule has 3 heteroatoms. The average Bonchev–Trinajstić information content (AvgIpc) is 2.34. The van der Waals surface area contributed by atoms with Crippen molar-refractivity contribution in [2.24, 2.45) is 0 Å². The fourth-order valence-corrected chi connectivity index (χ4v) is 1.69. The van der Waals surface area contributed by atoms with Gasteiger partial charge in [-0.15, -0.1) is 6.42 Å². The summed E-state index contributed by atoms with van der Waals surface area (Å²) in [4.78, 5) is 11.7. The highest BCUT2D eigenvalue weighted by Crippen LogP contribution is 2.21. The summed E-state index contributed by atoms with van der Waals surface area (Å²) in [5.74, 6) is 2.14. The third-order valence-corrected chi connectivity index (χ3v) is 2.80. The molecule has 0 bridgehead atoms. The van der Waals surface area contributed by atoms with Gasteiger partial charge in [-0.25, -0.2) is 4.79 Å². The minimum Gasteiger partial charge on any atom is -0.468 e. The second-order valence-electron chi connectivity index (χ2n) is 3.83. The maximum atomic E-state index is 11.7. The van der Waals surface area contributed by atoms with E-state index in [1.807, 2.05) is 32.0 Å². The van der Waals surface area contributed by atoms with Crippen LogP contribution in [0.5, 0.6) is 0 Å². The molecular formula is C14H17NO2. The zero-order chi connectivity index (χ0) is 12.8. The molecule has 1 aromatic carbocycles. The number of aryl methyl sites for hydroxylation is 1. The van der Waals surface area contributed by atoms with E-state index in [1.54, 1.807) is 0 Å². The predicted molar refractivity (Wildman–Crippen MR) is 67.5 cm³/mol. The predicted octanol–water partition coefficient (Wildman–Crippen LogP) is 1.74. The summed E-state index contributed by atoms with van der Waals surface area (Å²) in [6, 6.07) is 5.34. The van der Waals surface area contributed by atoms with E-state index in [4.69, 9.17) is 11.2 Å². The third-order valence-electron chi connectivity index (χ3n) is 2.80. The first-order chi connectivity index (χ1) is 8.11. The monoisotopic (exact) mass is 231 g/mol. The normalized spacial score (nSPS) is 11.6. The third kappa shape index (κ3) is 3.08. The van der Waals surface area contributed by atoms with Gasteiger partial charge in [0.05, 0.1) is 13.7 Å². The Bertz CT molecular complexity index is 446. The Kier molecular flexibility index (Phi) is 4.74. The van der Waals surface area contributed by atoms with Gasteiger partial charge in [0.1, 0.15) is 6.04 Å². The molecule has 0 aliphatic carbocycles. The van der Waals surface area contributed by atoms with Crippen molar-refractivity contribution in [1.29, 1.82) is 0 Å². The summed E-state index contributed by atoms with van der Waals surface area (Å²) in [5.41, 5.74) is 3.12. The fourth-order valence-electron chi connectivity index (χ4n) is 1.69. The van der Waals surface area contributed by atoms with Gasteiger partial charge in [0.2, 0.25) is 0 Å². The molecule has 0 aliphatic rings. The number of carbonyl (C=O) groups is 1. The molecule has 1 rings (SSSR count). The fraction of sp³-hybridized carbons (Fsp3) is 0.357. The Morgan fingerprint density at radius 2 is 2.24 bits per heavy atom. The smallest absolute Gasteiger partial charge is 0.327 e. The number of rotatable bonds is 4. The van der Waals surface area contributed by atoms with Crippen LogP contribution in [0, 0.1) is 26.2 Å². The Morgan fingerprint density at radius 3 is 2.82 bits per heavy atom. The summed E-state index contributed by atoms with van der Waals surface area (Å²) in [6.45, 7) is 4.32. The van der Waals surface area contributed by atoms with Gasteiger partial charge >= 0.3 is 5.97 Å². The molecule has 0 saturated carbocycles. The lowest BCUT2D eigenvalue weighted by Crippen LogP contribution is -2.30. The summed E-state index contributed by atoms with van der Waals surface area (Å²) in [7, 11) is 1.37. The van der Waals surface area contributed by atoms with Crippen LogP contribution in [-0.2, 0) is 9.53 Å².